The lowest BCUT2D eigenvalue weighted by molar-refractivity contribution is 0.132. The summed E-state index contributed by atoms with van der Waals surface area (Å²) in [6.07, 6.45) is 1.04. The SMILES string of the molecule is CC(C1CNCCC(O)C1)C(C)S(N)(=O)=O.Cl. The van der Waals surface area contributed by atoms with Gasteiger partial charge < -0.3 is 10.4 Å². The zero-order chi connectivity index (χ0) is 12.3. The second-order valence-corrected chi connectivity index (χ2v) is 6.72. The van der Waals surface area contributed by atoms with Crippen molar-refractivity contribution in [3.8, 4) is 0 Å². The molecule has 1 heterocycles. The largest absolute Gasteiger partial charge is 0.393 e. The fraction of sp³-hybridized carbons (Fsp3) is 1.00. The van der Waals surface area contributed by atoms with Crippen molar-refractivity contribution >= 4 is 22.4 Å². The van der Waals surface area contributed by atoms with E-state index in [4.69, 9.17) is 5.14 Å². The van der Waals surface area contributed by atoms with E-state index in [9.17, 15) is 13.5 Å². The number of nitrogens with two attached hydrogens (primary N) is 1. The van der Waals surface area contributed by atoms with Gasteiger partial charge in [0.15, 0.2) is 0 Å². The van der Waals surface area contributed by atoms with E-state index in [-0.39, 0.29) is 30.3 Å². The summed E-state index contributed by atoms with van der Waals surface area (Å²) in [5, 5.41) is 17.5. The summed E-state index contributed by atoms with van der Waals surface area (Å²) in [6.45, 7) is 5.06. The second kappa shape index (κ2) is 6.89. The molecule has 0 amide bonds. The fourth-order valence-corrected chi connectivity index (χ4v) is 3.01. The Bertz CT molecular complexity index is 324. The van der Waals surface area contributed by atoms with Gasteiger partial charge in [-0.15, -0.1) is 12.4 Å². The third-order valence-electron chi connectivity index (χ3n) is 3.64. The van der Waals surface area contributed by atoms with Crippen LogP contribution in [0.4, 0.5) is 0 Å². The minimum Gasteiger partial charge on any atom is -0.393 e. The minimum absolute atomic E-state index is 0. The summed E-state index contributed by atoms with van der Waals surface area (Å²) in [5.74, 6) is 0.112. The smallest absolute Gasteiger partial charge is 0.211 e. The monoisotopic (exact) mass is 286 g/mol. The Morgan fingerprint density at radius 2 is 2.00 bits per heavy atom. The first kappa shape index (κ1) is 17.1. The Balaban J connectivity index is 0.00000256. The molecule has 7 heteroatoms. The molecule has 1 fully saturated rings. The van der Waals surface area contributed by atoms with Gasteiger partial charge in [-0.3, -0.25) is 0 Å². The molecular weight excluding hydrogens is 264 g/mol. The Morgan fingerprint density at radius 1 is 1.41 bits per heavy atom. The highest BCUT2D eigenvalue weighted by Gasteiger charge is 2.31. The molecule has 1 aliphatic heterocycles. The maximum Gasteiger partial charge on any atom is 0.211 e. The van der Waals surface area contributed by atoms with Crippen molar-refractivity contribution in [2.24, 2.45) is 17.0 Å². The van der Waals surface area contributed by atoms with E-state index in [1.54, 1.807) is 6.92 Å². The highest BCUT2D eigenvalue weighted by molar-refractivity contribution is 7.89. The molecule has 4 atom stereocenters. The van der Waals surface area contributed by atoms with E-state index in [0.29, 0.717) is 6.42 Å². The average molecular weight is 287 g/mol. The average Bonchev–Trinajstić information content (AvgIpc) is 2.39. The summed E-state index contributed by atoms with van der Waals surface area (Å²) in [5.41, 5.74) is 0. The third kappa shape index (κ3) is 5.09. The molecule has 0 bridgehead atoms. The van der Waals surface area contributed by atoms with Gasteiger partial charge in [0.05, 0.1) is 11.4 Å². The van der Waals surface area contributed by atoms with Gasteiger partial charge in [-0.1, -0.05) is 6.92 Å². The van der Waals surface area contributed by atoms with Gasteiger partial charge in [-0.05, 0) is 44.7 Å². The van der Waals surface area contributed by atoms with E-state index < -0.39 is 15.3 Å². The molecule has 5 nitrogen and oxygen atoms in total. The summed E-state index contributed by atoms with van der Waals surface area (Å²) in [6, 6.07) is 0. The highest BCUT2D eigenvalue weighted by Crippen LogP contribution is 2.25. The molecule has 104 valence electrons. The molecule has 0 aromatic rings. The number of hydrogen-bond donors (Lipinski definition) is 3. The van der Waals surface area contributed by atoms with Crippen LogP contribution in [-0.4, -0.2) is 38.0 Å². The first-order valence-corrected chi connectivity index (χ1v) is 7.33. The second-order valence-electron chi connectivity index (χ2n) is 4.80. The van der Waals surface area contributed by atoms with Crippen molar-refractivity contribution in [2.45, 2.75) is 38.0 Å². The van der Waals surface area contributed by atoms with Gasteiger partial charge in [0, 0.05) is 0 Å². The van der Waals surface area contributed by atoms with Gasteiger partial charge >= 0.3 is 0 Å². The molecule has 4 unspecified atom stereocenters. The van der Waals surface area contributed by atoms with Crippen LogP contribution in [0, 0.1) is 11.8 Å². The zero-order valence-corrected chi connectivity index (χ0v) is 11.9. The van der Waals surface area contributed by atoms with Crippen molar-refractivity contribution in [1.29, 1.82) is 0 Å². The van der Waals surface area contributed by atoms with E-state index >= 15 is 0 Å². The molecule has 17 heavy (non-hydrogen) atoms. The predicted octanol–water partition coefficient (Wildman–Crippen LogP) is 0.0818. The van der Waals surface area contributed by atoms with Crippen LogP contribution in [0.15, 0.2) is 0 Å². The third-order valence-corrected chi connectivity index (χ3v) is 5.10. The number of aliphatic hydroxyl groups excluding tert-OH is 1. The van der Waals surface area contributed by atoms with E-state index in [1.165, 1.54) is 0 Å². The molecule has 0 aliphatic carbocycles. The van der Waals surface area contributed by atoms with E-state index in [1.807, 2.05) is 6.92 Å². The number of primary sulfonamides is 1. The number of halogens is 1. The van der Waals surface area contributed by atoms with Crippen LogP contribution in [0.25, 0.3) is 0 Å². The first-order valence-electron chi connectivity index (χ1n) is 5.72. The summed E-state index contributed by atoms with van der Waals surface area (Å²) < 4.78 is 22.6. The maximum absolute atomic E-state index is 11.3. The fourth-order valence-electron chi connectivity index (χ4n) is 2.19. The van der Waals surface area contributed by atoms with Crippen LogP contribution in [0.5, 0.6) is 0 Å². The van der Waals surface area contributed by atoms with Crippen molar-refractivity contribution in [3.05, 3.63) is 0 Å². The molecule has 4 N–H and O–H groups in total. The lowest BCUT2D eigenvalue weighted by atomic mass is 9.87. The van der Waals surface area contributed by atoms with Crippen molar-refractivity contribution in [2.75, 3.05) is 13.1 Å². The molecule has 1 aliphatic rings. The molecule has 1 saturated heterocycles. The van der Waals surface area contributed by atoms with E-state index in [0.717, 1.165) is 19.5 Å². The molecular formula is C10H23ClN2O3S. The maximum atomic E-state index is 11.3. The normalized spacial score (nSPS) is 29.9. The molecule has 0 radical (unpaired) electrons. The van der Waals surface area contributed by atoms with Crippen LogP contribution < -0.4 is 10.5 Å². The number of rotatable bonds is 3. The molecule has 0 saturated carbocycles. The number of nitrogens with one attached hydrogen (secondary N) is 1. The summed E-state index contributed by atoms with van der Waals surface area (Å²) in [7, 11) is -3.49. The lowest BCUT2D eigenvalue weighted by Crippen LogP contribution is -2.38. The minimum atomic E-state index is -3.49. The van der Waals surface area contributed by atoms with Gasteiger partial charge in [-0.2, -0.15) is 0 Å². The van der Waals surface area contributed by atoms with Crippen LogP contribution >= 0.6 is 12.4 Å². The highest BCUT2D eigenvalue weighted by atomic mass is 35.5. The number of aliphatic hydroxyl groups is 1. The van der Waals surface area contributed by atoms with Crippen molar-refractivity contribution in [1.82, 2.24) is 5.32 Å². The Labute approximate surface area is 110 Å². The zero-order valence-electron chi connectivity index (χ0n) is 10.3. The number of sulfonamides is 1. The Kier molecular flexibility index (Phi) is 6.94. The van der Waals surface area contributed by atoms with Crippen molar-refractivity contribution in [3.63, 3.8) is 0 Å². The molecule has 0 spiro atoms. The van der Waals surface area contributed by atoms with Crippen molar-refractivity contribution < 1.29 is 13.5 Å². The summed E-state index contributed by atoms with van der Waals surface area (Å²) in [4.78, 5) is 0. The lowest BCUT2D eigenvalue weighted by Gasteiger charge is -2.27. The van der Waals surface area contributed by atoms with Crippen LogP contribution in [0.3, 0.4) is 0 Å². The van der Waals surface area contributed by atoms with Gasteiger partial charge in [-0.25, -0.2) is 13.6 Å². The summed E-state index contributed by atoms with van der Waals surface area (Å²) >= 11 is 0. The molecule has 1 rings (SSSR count). The molecule has 0 aromatic carbocycles. The predicted molar refractivity (Wildman–Crippen MR) is 70.6 cm³/mol. The van der Waals surface area contributed by atoms with E-state index in [2.05, 4.69) is 5.32 Å². The Hall–Kier alpha value is 0.120. The quantitative estimate of drug-likeness (QED) is 0.685. The van der Waals surface area contributed by atoms with Gasteiger partial charge in [0.1, 0.15) is 0 Å². The van der Waals surface area contributed by atoms with Crippen LogP contribution in [0.2, 0.25) is 0 Å². The first-order chi connectivity index (χ1) is 7.32. The molecule has 0 aromatic heterocycles. The van der Waals surface area contributed by atoms with Gasteiger partial charge in [0.25, 0.3) is 0 Å². The topological polar surface area (TPSA) is 92.4 Å². The Morgan fingerprint density at radius 3 is 2.53 bits per heavy atom. The standard InChI is InChI=1S/C10H22N2O3S.ClH/c1-7(8(2)16(11,14)15)9-5-10(13)3-4-12-6-9;/h7-10,12-13H,3-6H2,1-2H3,(H2,11,14,15);1H. The van der Waals surface area contributed by atoms with Gasteiger partial charge in [0.2, 0.25) is 10.0 Å². The van der Waals surface area contributed by atoms with Crippen LogP contribution in [-0.2, 0) is 10.0 Å². The number of hydrogen-bond acceptors (Lipinski definition) is 4. The van der Waals surface area contributed by atoms with Crippen LogP contribution in [0.1, 0.15) is 26.7 Å².